The molecule has 7 atom stereocenters. The number of benzene rings is 1. The molecule has 2 heteroatoms. The van der Waals surface area contributed by atoms with Crippen molar-refractivity contribution in [3.63, 3.8) is 0 Å². The van der Waals surface area contributed by atoms with E-state index in [0.29, 0.717) is 23.5 Å². The third-order valence-corrected chi connectivity index (χ3v) is 9.97. The Morgan fingerprint density at radius 1 is 1.03 bits per heavy atom. The lowest BCUT2D eigenvalue weighted by molar-refractivity contribution is -0.129. The maximum Gasteiger partial charge on any atom is 0.136 e. The van der Waals surface area contributed by atoms with Gasteiger partial charge in [-0.2, -0.15) is 0 Å². The number of hydrogen-bond acceptors (Lipinski definition) is 2. The third-order valence-electron chi connectivity index (χ3n) is 9.97. The second-order valence-corrected chi connectivity index (χ2v) is 11.3. The highest BCUT2D eigenvalue weighted by molar-refractivity contribution is 5.82. The number of carbonyl (C=O) groups is 1. The van der Waals surface area contributed by atoms with E-state index in [1.54, 1.807) is 5.57 Å². The van der Waals surface area contributed by atoms with Gasteiger partial charge >= 0.3 is 0 Å². The molecule has 1 aromatic rings. The Labute approximate surface area is 182 Å². The monoisotopic (exact) mass is 406 g/mol. The number of aryl methyl sites for hydroxylation is 1. The van der Waals surface area contributed by atoms with Crippen molar-refractivity contribution >= 4 is 5.78 Å². The van der Waals surface area contributed by atoms with Gasteiger partial charge in [-0.05, 0) is 91.9 Å². The van der Waals surface area contributed by atoms with Gasteiger partial charge < -0.3 is 5.11 Å². The molecule has 0 heterocycles. The lowest BCUT2D eigenvalue weighted by Gasteiger charge is -2.58. The minimum absolute atomic E-state index is 0.132. The number of rotatable bonds is 4. The van der Waals surface area contributed by atoms with Crippen LogP contribution < -0.4 is 0 Å². The minimum atomic E-state index is -0.132. The van der Waals surface area contributed by atoms with Crippen LogP contribution in [0, 0.1) is 34.5 Å². The van der Waals surface area contributed by atoms with Crippen molar-refractivity contribution in [3.8, 4) is 0 Å². The topological polar surface area (TPSA) is 37.3 Å². The molecular formula is C28H38O2. The summed E-state index contributed by atoms with van der Waals surface area (Å²) in [6, 6.07) is 10.5. The average molecular weight is 407 g/mol. The molecule has 0 bridgehead atoms. The number of hydrogen-bond donors (Lipinski definition) is 1. The molecule has 0 aliphatic heterocycles. The Kier molecular flexibility index (Phi) is 5.21. The van der Waals surface area contributed by atoms with E-state index in [-0.39, 0.29) is 17.4 Å². The number of fused-ring (bicyclic) bond motifs is 5. The zero-order valence-corrected chi connectivity index (χ0v) is 18.8. The Balaban J connectivity index is 1.32. The molecule has 5 rings (SSSR count). The summed E-state index contributed by atoms with van der Waals surface area (Å²) in [6.45, 7) is 4.94. The summed E-state index contributed by atoms with van der Waals surface area (Å²) in [6.07, 6.45) is 12.9. The van der Waals surface area contributed by atoms with E-state index in [2.05, 4.69) is 44.2 Å². The fraction of sp³-hybridized carbons (Fsp3) is 0.679. The van der Waals surface area contributed by atoms with Gasteiger partial charge in [-0.15, -0.1) is 0 Å². The molecule has 0 saturated heterocycles. The van der Waals surface area contributed by atoms with Crippen LogP contribution in [0.2, 0.25) is 0 Å². The van der Waals surface area contributed by atoms with E-state index in [1.165, 1.54) is 31.2 Å². The lowest BCUT2D eigenvalue weighted by Crippen LogP contribution is -2.51. The zero-order valence-electron chi connectivity index (χ0n) is 18.8. The summed E-state index contributed by atoms with van der Waals surface area (Å²) < 4.78 is 0. The first-order chi connectivity index (χ1) is 14.4. The van der Waals surface area contributed by atoms with Crippen LogP contribution in [0.25, 0.3) is 0 Å². The van der Waals surface area contributed by atoms with Gasteiger partial charge in [0.1, 0.15) is 5.78 Å². The van der Waals surface area contributed by atoms with Gasteiger partial charge in [-0.3, -0.25) is 4.79 Å². The van der Waals surface area contributed by atoms with Gasteiger partial charge in [-0.1, -0.05) is 55.8 Å². The second-order valence-electron chi connectivity index (χ2n) is 11.3. The van der Waals surface area contributed by atoms with E-state index < -0.39 is 0 Å². The van der Waals surface area contributed by atoms with Crippen LogP contribution in [0.4, 0.5) is 0 Å². The SMILES string of the molecule is C[C@]12CC[C@H](O)CC1=CC[C@@H]1C2CC[C@@]2(C)C1CC[C@@H]2C(=O)CCc1ccccc1. The highest BCUT2D eigenvalue weighted by atomic mass is 16.3. The standard InChI is InChI=1S/C28H38O2/c1-27-16-14-21(29)18-20(27)9-10-22-23-11-12-25(28(23,2)17-15-24(22)27)26(30)13-8-19-6-4-3-5-7-19/h3-7,9,21-25,29H,8,10-18H2,1-2H3/t21-,22-,23?,24?,25+,27-,28-/m0/s1. The predicted molar refractivity (Wildman–Crippen MR) is 121 cm³/mol. The van der Waals surface area contributed by atoms with Crippen LogP contribution in [0.3, 0.4) is 0 Å². The fourth-order valence-corrected chi connectivity index (χ4v) is 8.26. The maximum atomic E-state index is 13.3. The summed E-state index contributed by atoms with van der Waals surface area (Å²) in [7, 11) is 0. The van der Waals surface area contributed by atoms with Gasteiger partial charge in [0.05, 0.1) is 6.10 Å². The first kappa shape index (κ1) is 20.5. The molecule has 0 radical (unpaired) electrons. The quantitative estimate of drug-likeness (QED) is 0.611. The van der Waals surface area contributed by atoms with E-state index >= 15 is 0 Å². The number of ketones is 1. The van der Waals surface area contributed by atoms with E-state index in [4.69, 9.17) is 0 Å². The largest absolute Gasteiger partial charge is 0.393 e. The number of aliphatic hydroxyl groups excluding tert-OH is 1. The van der Waals surface area contributed by atoms with Crippen LogP contribution in [-0.4, -0.2) is 17.0 Å². The van der Waals surface area contributed by atoms with Crippen LogP contribution in [0.15, 0.2) is 42.0 Å². The maximum absolute atomic E-state index is 13.3. The molecule has 162 valence electrons. The van der Waals surface area contributed by atoms with Gasteiger partial charge in [0.15, 0.2) is 0 Å². The molecule has 30 heavy (non-hydrogen) atoms. The Bertz CT molecular complexity index is 826. The second kappa shape index (κ2) is 7.62. The van der Waals surface area contributed by atoms with E-state index in [0.717, 1.165) is 43.9 Å². The van der Waals surface area contributed by atoms with Gasteiger partial charge in [-0.25, -0.2) is 0 Å². The molecule has 0 aromatic heterocycles. The molecule has 4 aliphatic rings. The molecule has 1 aromatic carbocycles. The van der Waals surface area contributed by atoms with Crippen LogP contribution in [-0.2, 0) is 11.2 Å². The smallest absolute Gasteiger partial charge is 0.136 e. The molecule has 1 N–H and O–H groups in total. The van der Waals surface area contributed by atoms with Gasteiger partial charge in [0.2, 0.25) is 0 Å². The van der Waals surface area contributed by atoms with Crippen LogP contribution in [0.5, 0.6) is 0 Å². The first-order valence-electron chi connectivity index (χ1n) is 12.4. The van der Waals surface area contributed by atoms with Crippen LogP contribution in [0.1, 0.15) is 77.2 Å². The van der Waals surface area contributed by atoms with Crippen molar-refractivity contribution in [1.82, 2.24) is 0 Å². The Morgan fingerprint density at radius 2 is 1.83 bits per heavy atom. The summed E-state index contributed by atoms with van der Waals surface area (Å²) in [5.41, 5.74) is 3.31. The third kappa shape index (κ3) is 3.22. The molecule has 0 amide bonds. The number of Topliss-reactive ketones (excluding diaryl/α,β-unsaturated/α-hetero) is 1. The fourth-order valence-electron chi connectivity index (χ4n) is 8.26. The first-order valence-corrected chi connectivity index (χ1v) is 12.4. The molecule has 4 aliphatic carbocycles. The van der Waals surface area contributed by atoms with Gasteiger partial charge in [0, 0.05) is 12.3 Å². The zero-order chi connectivity index (χ0) is 20.9. The molecule has 2 unspecified atom stereocenters. The molecule has 2 nitrogen and oxygen atoms in total. The normalized spacial score (nSPS) is 42.6. The van der Waals surface area contributed by atoms with Crippen molar-refractivity contribution < 1.29 is 9.90 Å². The summed E-state index contributed by atoms with van der Waals surface area (Å²) in [5.74, 6) is 2.96. The highest BCUT2D eigenvalue weighted by Crippen LogP contribution is 2.66. The van der Waals surface area contributed by atoms with E-state index in [1.807, 2.05) is 6.07 Å². The van der Waals surface area contributed by atoms with Crippen molar-refractivity contribution in [2.75, 3.05) is 0 Å². The number of aliphatic hydroxyl groups is 1. The summed E-state index contributed by atoms with van der Waals surface area (Å²) in [4.78, 5) is 13.3. The molecular weight excluding hydrogens is 368 g/mol. The lowest BCUT2D eigenvalue weighted by atomic mass is 9.47. The van der Waals surface area contributed by atoms with Crippen molar-refractivity contribution in [3.05, 3.63) is 47.5 Å². The Morgan fingerprint density at radius 3 is 2.63 bits per heavy atom. The number of carbonyl (C=O) groups excluding carboxylic acids is 1. The Hall–Kier alpha value is -1.41. The summed E-state index contributed by atoms with van der Waals surface area (Å²) in [5, 5.41) is 10.2. The molecule has 3 fully saturated rings. The molecule has 3 saturated carbocycles. The highest BCUT2D eigenvalue weighted by Gasteiger charge is 2.59. The predicted octanol–water partition coefficient (Wildman–Crippen LogP) is 6.13. The summed E-state index contributed by atoms with van der Waals surface area (Å²) >= 11 is 0. The van der Waals surface area contributed by atoms with E-state index in [9.17, 15) is 9.90 Å². The minimum Gasteiger partial charge on any atom is -0.393 e. The van der Waals surface area contributed by atoms with Crippen molar-refractivity contribution in [2.45, 2.75) is 84.2 Å². The average Bonchev–Trinajstić information content (AvgIpc) is 3.10. The van der Waals surface area contributed by atoms with Crippen LogP contribution >= 0.6 is 0 Å². The van der Waals surface area contributed by atoms with Crippen molar-refractivity contribution in [2.24, 2.45) is 34.5 Å². The number of allylic oxidation sites excluding steroid dienone is 1. The van der Waals surface area contributed by atoms with Crippen molar-refractivity contribution in [1.29, 1.82) is 0 Å². The van der Waals surface area contributed by atoms with Gasteiger partial charge in [0.25, 0.3) is 0 Å². The molecule has 0 spiro atoms.